The van der Waals surface area contributed by atoms with E-state index in [-0.39, 0.29) is 19.3 Å². The number of carbonyl (C=O) groups is 14. The number of alkyl halides is 12. The highest BCUT2D eigenvalue weighted by atomic mass is 19.4. The normalized spacial score (nSPS) is 21.1. The van der Waals surface area contributed by atoms with Crippen molar-refractivity contribution >= 4 is 82.7 Å². The van der Waals surface area contributed by atoms with Crippen molar-refractivity contribution in [2.75, 3.05) is 32.7 Å². The molecule has 560 valence electrons. The molecule has 0 aromatic rings. The Morgan fingerprint density at radius 1 is 0.408 bits per heavy atom. The summed E-state index contributed by atoms with van der Waals surface area (Å²) in [6, 6.07) is -18.9. The van der Waals surface area contributed by atoms with Crippen LogP contribution in [0.1, 0.15) is 132 Å². The predicted molar refractivity (Wildman–Crippen MR) is 315 cm³/mol. The lowest BCUT2D eigenvalue weighted by Gasteiger charge is -2.29. The molecular formula is C56H86F12N14O16. The first-order valence-electron chi connectivity index (χ1n) is 31.0. The van der Waals surface area contributed by atoms with E-state index in [0.717, 1.165) is 33.1 Å². The average molecular weight is 1440 g/mol. The number of unbranched alkanes of at least 4 members (excludes halogenated alkanes) is 4. The third-order valence-corrected chi connectivity index (χ3v) is 14.1. The Balaban J connectivity index is 4.30. The van der Waals surface area contributed by atoms with E-state index in [9.17, 15) is 130 Å². The molecular weight excluding hydrogens is 1350 g/mol. The Kier molecular flexibility index (Phi) is 36.8. The summed E-state index contributed by atoms with van der Waals surface area (Å²) < 4.78 is 160. The molecule has 11 atom stereocenters. The number of nitrogens with one attached hydrogen (secondary N) is 14. The van der Waals surface area contributed by atoms with Crippen molar-refractivity contribution < 1.29 is 130 Å². The van der Waals surface area contributed by atoms with Gasteiger partial charge in [-0.05, 0) is 77.0 Å². The molecule has 30 nitrogen and oxygen atoms in total. The number of carbonyl (C=O) groups excluding carboxylic acids is 14. The summed E-state index contributed by atoms with van der Waals surface area (Å²) in [6.45, 7) is 4.37. The minimum absolute atomic E-state index is 0.140. The number of aliphatic hydroxyl groups excluding tert-OH is 2. The fraction of sp³-hybridized carbons (Fsp3) is 0.750. The fourth-order valence-corrected chi connectivity index (χ4v) is 9.02. The van der Waals surface area contributed by atoms with Gasteiger partial charge in [-0.3, -0.25) is 67.1 Å². The van der Waals surface area contributed by atoms with E-state index in [1.54, 1.807) is 0 Å². The van der Waals surface area contributed by atoms with Gasteiger partial charge < -0.3 is 84.6 Å². The molecule has 1 rings (SSSR count). The zero-order valence-electron chi connectivity index (χ0n) is 54.4. The molecule has 14 amide bonds. The monoisotopic (exact) mass is 1440 g/mol. The highest BCUT2D eigenvalue weighted by molar-refractivity contribution is 5.99. The van der Waals surface area contributed by atoms with Gasteiger partial charge in [0.05, 0.1) is 12.2 Å². The van der Waals surface area contributed by atoms with E-state index in [0.29, 0.717) is 12.8 Å². The molecule has 0 spiro atoms. The van der Waals surface area contributed by atoms with Crippen LogP contribution in [0.15, 0.2) is 0 Å². The van der Waals surface area contributed by atoms with Crippen LogP contribution >= 0.6 is 0 Å². The van der Waals surface area contributed by atoms with Crippen LogP contribution in [0.2, 0.25) is 0 Å². The van der Waals surface area contributed by atoms with Crippen LogP contribution in [0.3, 0.4) is 0 Å². The molecule has 0 saturated carbocycles. The Labute approximate surface area is 553 Å². The summed E-state index contributed by atoms with van der Waals surface area (Å²) in [5.74, 6) is -25.4. The second-order valence-corrected chi connectivity index (χ2v) is 23.6. The van der Waals surface area contributed by atoms with Gasteiger partial charge in [-0.2, -0.15) is 52.7 Å². The number of hydrogen-bond acceptors (Lipinski definition) is 16. The zero-order valence-corrected chi connectivity index (χ0v) is 54.4. The second-order valence-electron chi connectivity index (χ2n) is 23.6. The summed E-state index contributed by atoms with van der Waals surface area (Å²) >= 11 is 0. The van der Waals surface area contributed by atoms with Crippen LogP contribution < -0.4 is 74.4 Å². The maximum atomic E-state index is 14.6. The van der Waals surface area contributed by atoms with E-state index >= 15 is 0 Å². The summed E-state index contributed by atoms with van der Waals surface area (Å²) in [6.07, 6.45) is -28.5. The van der Waals surface area contributed by atoms with Crippen molar-refractivity contribution in [1.29, 1.82) is 0 Å². The molecule has 0 unspecified atom stereocenters. The number of rotatable bonds is 31. The van der Waals surface area contributed by atoms with Gasteiger partial charge in [0, 0.05) is 39.1 Å². The molecule has 42 heteroatoms. The minimum Gasteiger partial charge on any atom is -0.391 e. The topological polar surface area (TPSA) is 448 Å². The molecule has 1 aliphatic heterocycles. The van der Waals surface area contributed by atoms with Gasteiger partial charge in [-0.25, -0.2) is 0 Å². The molecule has 16 N–H and O–H groups in total. The molecule has 0 aromatic carbocycles. The maximum Gasteiger partial charge on any atom is 0.471 e. The molecule has 1 aliphatic rings. The largest absolute Gasteiger partial charge is 0.471 e. The third kappa shape index (κ3) is 33.3. The lowest BCUT2D eigenvalue weighted by atomic mass is 9.99. The molecule has 0 bridgehead atoms. The molecule has 98 heavy (non-hydrogen) atoms. The first-order chi connectivity index (χ1) is 45.2. The molecule has 0 aliphatic carbocycles. The Morgan fingerprint density at radius 2 is 0.724 bits per heavy atom. The van der Waals surface area contributed by atoms with Gasteiger partial charge in [0.2, 0.25) is 59.1 Å². The predicted octanol–water partition coefficient (Wildman–Crippen LogP) is -1.64. The number of aliphatic hydroxyl groups is 2. The quantitative estimate of drug-likeness (QED) is 0.0273. The lowest BCUT2D eigenvalue weighted by Crippen LogP contribution is -2.62. The van der Waals surface area contributed by atoms with E-state index in [1.807, 2.05) is 22.9 Å². The highest BCUT2D eigenvalue weighted by Crippen LogP contribution is 2.19. The standard InChI is InChI=1S/C56H86F12N14O16/c1-8-9-10-11-12-13-37(85)81-38(28(6)83)47(93)77-30(15-20-70-49(95)53(57,58)59)40(86)69-19-14-33-42(88)74-32(17-22-72-51(97)55(63,64)65)43(89)79-36(25-27(4)5)46(92)80-35(24-26(2)3)45(91)76-31(16-21-71-50(96)54(60,61)62)41(87)75-34(18-23-73-52(98)56(66,67)68)44(90)82-39(29(7)84)48(94)78-33/h26-36,38-39,83-84H,8-25H2,1-7H3,(H,69,86)(H,70,95)(H,71,96)(H,72,97)(H,73,98)(H,74,88)(H,75,87)(H,76,91)(H,77,93)(H,78,94)(H,79,89)(H,80,92)(H,81,85)(H,82,90)/t28-,29-,30+,31+,32+,33+,34+,35+,36-,38+,39+/m1/s1. The van der Waals surface area contributed by atoms with E-state index in [4.69, 9.17) is 0 Å². The molecule has 1 fully saturated rings. The summed E-state index contributed by atoms with van der Waals surface area (Å²) in [5, 5.41) is 48.6. The van der Waals surface area contributed by atoms with Gasteiger partial charge >= 0.3 is 48.3 Å². The van der Waals surface area contributed by atoms with Gasteiger partial charge in [-0.15, -0.1) is 0 Å². The minimum atomic E-state index is -5.56. The summed E-state index contributed by atoms with van der Waals surface area (Å²) in [5.41, 5.74) is 0. The van der Waals surface area contributed by atoms with Crippen LogP contribution in [-0.2, 0) is 67.1 Å². The van der Waals surface area contributed by atoms with Gasteiger partial charge in [-0.1, -0.05) is 60.3 Å². The lowest BCUT2D eigenvalue weighted by molar-refractivity contribution is -0.173. The first-order valence-corrected chi connectivity index (χ1v) is 31.0. The van der Waals surface area contributed by atoms with Crippen molar-refractivity contribution in [3.8, 4) is 0 Å². The van der Waals surface area contributed by atoms with Gasteiger partial charge in [0.1, 0.15) is 54.4 Å². The van der Waals surface area contributed by atoms with Crippen LogP contribution in [0.5, 0.6) is 0 Å². The Hall–Kier alpha value is -8.34. The van der Waals surface area contributed by atoms with Crippen molar-refractivity contribution in [1.82, 2.24) is 74.4 Å². The van der Waals surface area contributed by atoms with Crippen molar-refractivity contribution in [2.45, 2.75) is 223 Å². The number of halogens is 12. The zero-order chi connectivity index (χ0) is 75.2. The summed E-state index contributed by atoms with van der Waals surface area (Å²) in [7, 11) is 0. The number of amides is 14. The van der Waals surface area contributed by atoms with Crippen LogP contribution in [0, 0.1) is 11.8 Å². The summed E-state index contributed by atoms with van der Waals surface area (Å²) in [4.78, 5) is 188. The second kappa shape index (κ2) is 41.2. The molecule has 1 saturated heterocycles. The molecule has 1 heterocycles. The van der Waals surface area contributed by atoms with Crippen LogP contribution in [0.25, 0.3) is 0 Å². The van der Waals surface area contributed by atoms with Crippen molar-refractivity contribution in [2.24, 2.45) is 11.8 Å². The van der Waals surface area contributed by atoms with Crippen molar-refractivity contribution in [3.63, 3.8) is 0 Å². The van der Waals surface area contributed by atoms with E-state index in [2.05, 4.69) is 37.2 Å². The van der Waals surface area contributed by atoms with E-state index in [1.165, 1.54) is 49.0 Å². The van der Waals surface area contributed by atoms with Crippen LogP contribution in [0.4, 0.5) is 52.7 Å². The highest BCUT2D eigenvalue weighted by Gasteiger charge is 2.43. The Bertz CT molecular complexity index is 2740. The average Bonchev–Trinajstić information content (AvgIpc) is 0.986. The van der Waals surface area contributed by atoms with Crippen LogP contribution in [-0.4, -0.2) is 217 Å². The molecule has 0 radical (unpaired) electrons. The van der Waals surface area contributed by atoms with Gasteiger partial charge in [0.15, 0.2) is 0 Å². The van der Waals surface area contributed by atoms with Gasteiger partial charge in [0.25, 0.3) is 0 Å². The third-order valence-electron chi connectivity index (χ3n) is 14.1. The maximum absolute atomic E-state index is 14.6. The van der Waals surface area contributed by atoms with E-state index < -0.39 is 251 Å². The first kappa shape index (κ1) is 87.7. The SMILES string of the molecule is CCCCCCCC(=O)N[C@H](C(=O)N[C@@H](CCNC(=O)C(F)(F)F)C(=O)NCC[C@@H]1NC(=O)[C@H]([C@@H](C)O)NC(=O)[C@H](CCNC(=O)C(F)(F)F)NC(=O)[C@H](CCNC(=O)C(F)(F)F)NC(=O)[C@H](CC(C)C)NC(=O)[C@@H](CC(C)C)NC(=O)[C@H](CCNC(=O)C(F)(F)F)NC1=O)[C@@H](C)O. The number of hydrogen-bond donors (Lipinski definition) is 16. The molecule has 0 aromatic heterocycles. The Morgan fingerprint density at radius 3 is 1.06 bits per heavy atom. The smallest absolute Gasteiger partial charge is 0.391 e. The fourth-order valence-electron chi connectivity index (χ4n) is 9.02. The van der Waals surface area contributed by atoms with Crippen molar-refractivity contribution in [3.05, 3.63) is 0 Å².